The van der Waals surface area contributed by atoms with Gasteiger partial charge in [-0.3, -0.25) is 0 Å². The average molecular weight is 351 g/mol. The summed E-state index contributed by atoms with van der Waals surface area (Å²) in [6.07, 6.45) is 4.72. The van der Waals surface area contributed by atoms with Crippen LogP contribution in [0.2, 0.25) is 0 Å². The first-order valence-electron chi connectivity index (χ1n) is 10.5. The maximum atomic E-state index is 2.53. The van der Waals surface area contributed by atoms with Crippen LogP contribution >= 0.6 is 0 Å². The highest BCUT2D eigenvalue weighted by molar-refractivity contribution is 5.72. The van der Waals surface area contributed by atoms with Crippen molar-refractivity contribution in [3.05, 3.63) is 58.7 Å². The van der Waals surface area contributed by atoms with Crippen LogP contribution in [0.25, 0.3) is 11.1 Å². The fourth-order valence-electron chi connectivity index (χ4n) is 4.13. The van der Waals surface area contributed by atoms with Crippen molar-refractivity contribution in [2.45, 2.75) is 91.9 Å². The SMILES string of the molecule is CCC(C)(CC)c1cc(C)c(-c2ccccc2C)cc1C(C)(CC)CC. The Bertz CT molecular complexity index is 743. The first-order chi connectivity index (χ1) is 12.3. The Labute approximate surface area is 162 Å². The van der Waals surface area contributed by atoms with Gasteiger partial charge in [-0.2, -0.15) is 0 Å². The molecule has 0 nitrogen and oxygen atoms in total. The zero-order valence-electron chi connectivity index (χ0n) is 18.3. The first-order valence-corrected chi connectivity index (χ1v) is 10.5. The van der Waals surface area contributed by atoms with Gasteiger partial charge in [-0.15, -0.1) is 0 Å². The van der Waals surface area contributed by atoms with E-state index < -0.39 is 0 Å². The second-order valence-corrected chi connectivity index (χ2v) is 8.56. The quantitative estimate of drug-likeness (QED) is 0.473. The molecule has 0 atom stereocenters. The molecule has 0 aliphatic carbocycles. The molecule has 2 aromatic rings. The van der Waals surface area contributed by atoms with Crippen molar-refractivity contribution in [3.8, 4) is 11.1 Å². The molecule has 0 amide bonds. The van der Waals surface area contributed by atoms with Crippen LogP contribution in [-0.4, -0.2) is 0 Å². The van der Waals surface area contributed by atoms with Gasteiger partial charge in [0.15, 0.2) is 0 Å². The zero-order chi connectivity index (χ0) is 19.5. The van der Waals surface area contributed by atoms with E-state index in [1.165, 1.54) is 47.9 Å². The highest BCUT2D eigenvalue weighted by Gasteiger charge is 2.33. The van der Waals surface area contributed by atoms with Crippen molar-refractivity contribution in [2.24, 2.45) is 0 Å². The second-order valence-electron chi connectivity index (χ2n) is 8.56. The van der Waals surface area contributed by atoms with Crippen molar-refractivity contribution in [1.29, 1.82) is 0 Å². The second kappa shape index (κ2) is 7.99. The molecule has 0 saturated carbocycles. The lowest BCUT2D eigenvalue weighted by molar-refractivity contribution is 0.393. The monoisotopic (exact) mass is 350 g/mol. The largest absolute Gasteiger partial charge is 0.0645 e. The highest BCUT2D eigenvalue weighted by Crippen LogP contribution is 2.44. The van der Waals surface area contributed by atoms with E-state index in [2.05, 4.69) is 91.8 Å². The predicted octanol–water partition coefficient (Wildman–Crippen LogP) is 8.13. The number of hydrogen-bond donors (Lipinski definition) is 0. The third-order valence-electron chi connectivity index (χ3n) is 7.22. The Kier molecular flexibility index (Phi) is 6.37. The summed E-state index contributed by atoms with van der Waals surface area (Å²) in [5.41, 5.74) is 9.16. The molecule has 0 unspecified atom stereocenters. The Morgan fingerprint density at radius 2 is 1.08 bits per heavy atom. The number of benzene rings is 2. The van der Waals surface area contributed by atoms with E-state index >= 15 is 0 Å². The lowest BCUT2D eigenvalue weighted by Crippen LogP contribution is -2.29. The van der Waals surface area contributed by atoms with Gasteiger partial charge < -0.3 is 0 Å². The molecule has 26 heavy (non-hydrogen) atoms. The van der Waals surface area contributed by atoms with Crippen molar-refractivity contribution in [1.82, 2.24) is 0 Å². The third-order valence-corrected chi connectivity index (χ3v) is 7.22. The maximum absolute atomic E-state index is 2.53. The van der Waals surface area contributed by atoms with Gasteiger partial charge in [0.1, 0.15) is 0 Å². The van der Waals surface area contributed by atoms with E-state index in [0.717, 1.165) is 0 Å². The lowest BCUT2D eigenvalue weighted by Gasteiger charge is -2.38. The summed E-state index contributed by atoms with van der Waals surface area (Å²) in [7, 11) is 0. The van der Waals surface area contributed by atoms with Crippen LogP contribution in [0, 0.1) is 13.8 Å². The molecule has 0 aliphatic heterocycles. The summed E-state index contributed by atoms with van der Waals surface area (Å²) in [6, 6.07) is 13.8. The fourth-order valence-corrected chi connectivity index (χ4v) is 4.13. The van der Waals surface area contributed by atoms with Gasteiger partial charge >= 0.3 is 0 Å². The van der Waals surface area contributed by atoms with Crippen LogP contribution < -0.4 is 0 Å². The number of rotatable bonds is 7. The van der Waals surface area contributed by atoms with E-state index in [4.69, 9.17) is 0 Å². The molecule has 0 spiro atoms. The normalized spacial score (nSPS) is 12.5. The predicted molar refractivity (Wildman–Crippen MR) is 117 cm³/mol. The van der Waals surface area contributed by atoms with Gasteiger partial charge in [-0.1, -0.05) is 77.9 Å². The number of hydrogen-bond acceptors (Lipinski definition) is 0. The zero-order valence-corrected chi connectivity index (χ0v) is 18.3. The molecular weight excluding hydrogens is 312 g/mol. The van der Waals surface area contributed by atoms with Crippen LogP contribution in [0.4, 0.5) is 0 Å². The molecular formula is C26H38. The highest BCUT2D eigenvalue weighted by atomic mass is 14.4. The Hall–Kier alpha value is -1.56. The summed E-state index contributed by atoms with van der Waals surface area (Å²) in [5.74, 6) is 0. The van der Waals surface area contributed by atoms with E-state index in [1.807, 2.05) is 0 Å². The minimum atomic E-state index is 0.228. The summed E-state index contributed by atoms with van der Waals surface area (Å²) < 4.78 is 0. The molecule has 0 saturated heterocycles. The molecule has 0 heteroatoms. The van der Waals surface area contributed by atoms with Gasteiger partial charge in [-0.05, 0) is 83.7 Å². The Balaban J connectivity index is 2.84. The first kappa shape index (κ1) is 20.7. The van der Waals surface area contributed by atoms with Crippen LogP contribution in [0.15, 0.2) is 36.4 Å². The number of aryl methyl sites for hydroxylation is 2. The molecule has 2 aromatic carbocycles. The van der Waals surface area contributed by atoms with Crippen molar-refractivity contribution < 1.29 is 0 Å². The minimum Gasteiger partial charge on any atom is -0.0645 e. The van der Waals surface area contributed by atoms with Gasteiger partial charge in [0.25, 0.3) is 0 Å². The van der Waals surface area contributed by atoms with Crippen molar-refractivity contribution in [3.63, 3.8) is 0 Å². The summed E-state index contributed by atoms with van der Waals surface area (Å²) in [4.78, 5) is 0. The molecule has 2 rings (SSSR count). The van der Waals surface area contributed by atoms with Crippen LogP contribution in [0.1, 0.15) is 89.5 Å². The lowest BCUT2D eigenvalue weighted by atomic mass is 9.66. The minimum absolute atomic E-state index is 0.228. The van der Waals surface area contributed by atoms with E-state index in [-0.39, 0.29) is 10.8 Å². The van der Waals surface area contributed by atoms with Gasteiger partial charge in [-0.25, -0.2) is 0 Å². The molecule has 0 fully saturated rings. The maximum Gasteiger partial charge on any atom is -0.00773 e. The molecule has 0 radical (unpaired) electrons. The van der Waals surface area contributed by atoms with Crippen LogP contribution in [0.5, 0.6) is 0 Å². The molecule has 0 N–H and O–H groups in total. The Morgan fingerprint density at radius 1 is 0.615 bits per heavy atom. The van der Waals surface area contributed by atoms with Crippen LogP contribution in [0.3, 0.4) is 0 Å². The van der Waals surface area contributed by atoms with Gasteiger partial charge in [0, 0.05) is 0 Å². The van der Waals surface area contributed by atoms with Crippen molar-refractivity contribution >= 4 is 0 Å². The molecule has 0 heterocycles. The molecule has 142 valence electrons. The molecule has 0 aliphatic rings. The average Bonchev–Trinajstić information content (AvgIpc) is 2.67. The fraction of sp³-hybridized carbons (Fsp3) is 0.538. The van der Waals surface area contributed by atoms with E-state index in [0.29, 0.717) is 0 Å². The van der Waals surface area contributed by atoms with Gasteiger partial charge in [0.2, 0.25) is 0 Å². The molecule has 0 aromatic heterocycles. The summed E-state index contributed by atoms with van der Waals surface area (Å²) in [6.45, 7) is 18.8. The summed E-state index contributed by atoms with van der Waals surface area (Å²) >= 11 is 0. The molecule has 0 bridgehead atoms. The van der Waals surface area contributed by atoms with E-state index in [9.17, 15) is 0 Å². The smallest absolute Gasteiger partial charge is 0.00773 e. The van der Waals surface area contributed by atoms with Gasteiger partial charge in [0.05, 0.1) is 0 Å². The standard InChI is InChI=1S/C26H38/c1-9-25(7,10-2)23-17-20(6)22(21-16-14-13-15-19(21)5)18-24(23)26(8,11-3)12-4/h13-18H,9-12H2,1-8H3. The summed E-state index contributed by atoms with van der Waals surface area (Å²) in [5, 5.41) is 0. The Morgan fingerprint density at radius 3 is 1.54 bits per heavy atom. The van der Waals surface area contributed by atoms with Crippen molar-refractivity contribution in [2.75, 3.05) is 0 Å². The topological polar surface area (TPSA) is 0 Å². The third kappa shape index (κ3) is 3.61. The van der Waals surface area contributed by atoms with E-state index in [1.54, 1.807) is 11.1 Å². The van der Waals surface area contributed by atoms with Crippen LogP contribution in [-0.2, 0) is 10.8 Å².